The second-order valence-electron chi connectivity index (χ2n) is 2.30. The van der Waals surface area contributed by atoms with Crippen LogP contribution in [0.15, 0.2) is 18.7 Å². The maximum atomic E-state index is 3.95. The Hall–Kier alpha value is -0.360. The molecule has 1 rings (SSSR count). The molecule has 0 aliphatic carbocycles. The van der Waals surface area contributed by atoms with Gasteiger partial charge in [0.25, 0.3) is 0 Å². The Kier molecular flexibility index (Phi) is 2.23. The van der Waals surface area contributed by atoms with Gasteiger partial charge in [0.15, 0.2) is 0 Å². The lowest BCUT2D eigenvalue weighted by atomic mass is 10.9. The Bertz CT molecular complexity index is 158. The molecule has 3 heteroatoms. The predicted molar refractivity (Wildman–Crippen MR) is 41.0 cm³/mol. The lowest BCUT2D eigenvalue weighted by Gasteiger charge is -2.04. The van der Waals surface area contributed by atoms with Crippen LogP contribution in [-0.4, -0.2) is 22.9 Å². The highest BCUT2D eigenvalue weighted by Gasteiger charge is 1.91. The average molecular weight is 142 g/mol. The predicted octanol–water partition coefficient (Wildman–Crippen LogP) is 1.58. The zero-order valence-corrected chi connectivity index (χ0v) is 6.68. The minimum absolute atomic E-state index is 0.172. The maximum absolute atomic E-state index is 3.95. The summed E-state index contributed by atoms with van der Waals surface area (Å²) >= 11 is 0. The summed E-state index contributed by atoms with van der Waals surface area (Å²) in [6.07, 6.45) is 6.82. The van der Waals surface area contributed by atoms with Crippen molar-refractivity contribution < 1.29 is 0 Å². The molecule has 0 atom stereocenters. The van der Waals surface area contributed by atoms with E-state index < -0.39 is 0 Å². The quantitative estimate of drug-likeness (QED) is 0.573. The molecular formula is C6H11N2P. The van der Waals surface area contributed by atoms with E-state index in [1.807, 2.05) is 18.7 Å². The van der Waals surface area contributed by atoms with E-state index in [1.165, 1.54) is 0 Å². The van der Waals surface area contributed by atoms with Crippen LogP contribution in [0.5, 0.6) is 0 Å². The molecule has 0 radical (unpaired) electrons. The van der Waals surface area contributed by atoms with Crippen molar-refractivity contribution in [3.8, 4) is 0 Å². The highest BCUT2D eigenvalue weighted by Crippen LogP contribution is 2.25. The number of imidazole rings is 1. The van der Waals surface area contributed by atoms with Crippen molar-refractivity contribution in [3.05, 3.63) is 18.7 Å². The Morgan fingerprint density at radius 3 is 2.78 bits per heavy atom. The van der Waals surface area contributed by atoms with E-state index in [2.05, 4.69) is 22.9 Å². The van der Waals surface area contributed by atoms with Crippen LogP contribution in [-0.2, 0) is 6.29 Å². The van der Waals surface area contributed by atoms with E-state index in [9.17, 15) is 0 Å². The van der Waals surface area contributed by atoms with Crippen molar-refractivity contribution in [1.82, 2.24) is 9.55 Å². The number of aromatic nitrogens is 2. The van der Waals surface area contributed by atoms with Gasteiger partial charge in [-0.25, -0.2) is 4.98 Å². The number of nitrogens with zero attached hydrogens (tertiary/aromatic N) is 2. The first kappa shape index (κ1) is 6.76. The third-order valence-electron chi connectivity index (χ3n) is 1.01. The van der Waals surface area contributed by atoms with Crippen LogP contribution < -0.4 is 0 Å². The van der Waals surface area contributed by atoms with Crippen LogP contribution in [0.1, 0.15) is 0 Å². The van der Waals surface area contributed by atoms with E-state index in [4.69, 9.17) is 0 Å². The first-order valence-corrected chi connectivity index (χ1v) is 5.31. The smallest absolute Gasteiger partial charge is 0.0949 e. The van der Waals surface area contributed by atoms with Gasteiger partial charge in [-0.05, 0) is 13.3 Å². The number of hydrogen-bond donors (Lipinski definition) is 0. The molecular weight excluding hydrogens is 131 g/mol. The van der Waals surface area contributed by atoms with Crippen LogP contribution in [0.25, 0.3) is 0 Å². The number of hydrogen-bond acceptors (Lipinski definition) is 1. The van der Waals surface area contributed by atoms with Gasteiger partial charge in [0.2, 0.25) is 0 Å². The van der Waals surface area contributed by atoms with Crippen LogP contribution in [0.4, 0.5) is 0 Å². The molecule has 0 aromatic carbocycles. The lowest BCUT2D eigenvalue weighted by molar-refractivity contribution is 0.881. The molecule has 0 aliphatic heterocycles. The Labute approximate surface area is 56.7 Å². The van der Waals surface area contributed by atoms with E-state index in [1.54, 1.807) is 0 Å². The molecule has 0 aliphatic rings. The molecule has 0 bridgehead atoms. The minimum Gasteiger partial charge on any atom is -0.333 e. The van der Waals surface area contributed by atoms with E-state index in [0.717, 1.165) is 6.29 Å². The summed E-state index contributed by atoms with van der Waals surface area (Å²) in [4.78, 5) is 3.95. The SMILES string of the molecule is CP(C)Cn1ccnc1. The van der Waals surface area contributed by atoms with Gasteiger partial charge in [0, 0.05) is 18.7 Å². The fraction of sp³-hybridized carbons (Fsp3) is 0.500. The molecule has 1 aromatic heterocycles. The Balaban J connectivity index is 2.48. The molecule has 0 fully saturated rings. The zero-order valence-electron chi connectivity index (χ0n) is 5.78. The van der Waals surface area contributed by atoms with Gasteiger partial charge in [-0.15, -0.1) is 0 Å². The van der Waals surface area contributed by atoms with Crippen LogP contribution >= 0.6 is 7.92 Å². The fourth-order valence-corrected chi connectivity index (χ4v) is 1.52. The molecule has 9 heavy (non-hydrogen) atoms. The molecule has 0 amide bonds. The van der Waals surface area contributed by atoms with Gasteiger partial charge >= 0.3 is 0 Å². The molecule has 1 aromatic rings. The van der Waals surface area contributed by atoms with Crippen molar-refractivity contribution in [3.63, 3.8) is 0 Å². The summed E-state index contributed by atoms with van der Waals surface area (Å²) in [6.45, 7) is 4.52. The van der Waals surface area contributed by atoms with Gasteiger partial charge in [0.05, 0.1) is 6.33 Å². The van der Waals surface area contributed by atoms with Crippen molar-refractivity contribution in [2.45, 2.75) is 6.29 Å². The summed E-state index contributed by atoms with van der Waals surface area (Å²) < 4.78 is 2.12. The maximum Gasteiger partial charge on any atom is 0.0949 e. The lowest BCUT2D eigenvalue weighted by Crippen LogP contribution is -1.89. The van der Waals surface area contributed by atoms with Crippen molar-refractivity contribution in [2.24, 2.45) is 0 Å². The second-order valence-corrected chi connectivity index (χ2v) is 4.74. The van der Waals surface area contributed by atoms with Crippen molar-refractivity contribution in [1.29, 1.82) is 0 Å². The summed E-state index contributed by atoms with van der Waals surface area (Å²) in [5, 5.41) is 0. The third-order valence-corrected chi connectivity index (χ3v) is 1.90. The normalized spacial score (nSPS) is 10.6. The summed E-state index contributed by atoms with van der Waals surface area (Å²) in [7, 11) is 0.172. The second kappa shape index (κ2) is 2.98. The zero-order chi connectivity index (χ0) is 6.69. The highest BCUT2D eigenvalue weighted by molar-refractivity contribution is 7.54. The summed E-state index contributed by atoms with van der Waals surface area (Å²) in [6, 6.07) is 0. The molecule has 0 N–H and O–H groups in total. The van der Waals surface area contributed by atoms with E-state index in [0.29, 0.717) is 0 Å². The van der Waals surface area contributed by atoms with Crippen molar-refractivity contribution >= 4 is 7.92 Å². The van der Waals surface area contributed by atoms with Crippen LogP contribution in [0.2, 0.25) is 0 Å². The molecule has 0 saturated heterocycles. The van der Waals surface area contributed by atoms with Gasteiger partial charge in [0.1, 0.15) is 0 Å². The van der Waals surface area contributed by atoms with Crippen LogP contribution in [0.3, 0.4) is 0 Å². The number of rotatable bonds is 2. The topological polar surface area (TPSA) is 17.8 Å². The molecule has 2 nitrogen and oxygen atoms in total. The van der Waals surface area contributed by atoms with Gasteiger partial charge < -0.3 is 4.57 Å². The summed E-state index contributed by atoms with van der Waals surface area (Å²) in [5.41, 5.74) is 0. The first-order valence-electron chi connectivity index (χ1n) is 2.89. The van der Waals surface area contributed by atoms with E-state index >= 15 is 0 Å². The van der Waals surface area contributed by atoms with Gasteiger partial charge in [-0.3, -0.25) is 0 Å². The van der Waals surface area contributed by atoms with Crippen molar-refractivity contribution in [2.75, 3.05) is 13.3 Å². The fourth-order valence-electron chi connectivity index (χ4n) is 0.697. The van der Waals surface area contributed by atoms with E-state index in [-0.39, 0.29) is 7.92 Å². The molecule has 0 saturated carbocycles. The first-order chi connectivity index (χ1) is 4.29. The molecule has 50 valence electrons. The van der Waals surface area contributed by atoms with Gasteiger partial charge in [-0.1, -0.05) is 7.92 Å². The van der Waals surface area contributed by atoms with Gasteiger partial charge in [-0.2, -0.15) is 0 Å². The average Bonchev–Trinajstić information content (AvgIpc) is 2.15. The Morgan fingerprint density at radius 1 is 1.56 bits per heavy atom. The van der Waals surface area contributed by atoms with Crippen LogP contribution in [0, 0.1) is 0 Å². The standard InChI is InChI=1S/C6H11N2P/c1-9(2)6-8-4-3-7-5-8/h3-5H,6H2,1-2H3. The highest BCUT2D eigenvalue weighted by atomic mass is 31.1. The minimum atomic E-state index is 0.172. The third kappa shape index (κ3) is 2.15. The summed E-state index contributed by atoms with van der Waals surface area (Å²) in [5.74, 6) is 0. The molecule has 1 heterocycles. The Morgan fingerprint density at radius 2 is 2.33 bits per heavy atom. The molecule has 0 unspecified atom stereocenters. The largest absolute Gasteiger partial charge is 0.333 e. The molecule has 0 spiro atoms. The monoisotopic (exact) mass is 142 g/mol.